The van der Waals surface area contributed by atoms with Gasteiger partial charge in [-0.1, -0.05) is 17.7 Å². The third kappa shape index (κ3) is 2.76. The van der Waals surface area contributed by atoms with Crippen molar-refractivity contribution in [2.45, 2.75) is 13.8 Å². The van der Waals surface area contributed by atoms with E-state index < -0.39 is 4.92 Å². The zero-order valence-electron chi connectivity index (χ0n) is 12.5. The van der Waals surface area contributed by atoms with Gasteiger partial charge < -0.3 is 4.42 Å². The maximum Gasteiger partial charge on any atom is 0.433 e. The van der Waals surface area contributed by atoms with Gasteiger partial charge in [0.1, 0.15) is 10.7 Å². The fourth-order valence-corrected chi connectivity index (χ4v) is 2.21. The van der Waals surface area contributed by atoms with E-state index in [4.69, 9.17) is 4.42 Å². The molecule has 0 aliphatic carbocycles. The summed E-state index contributed by atoms with van der Waals surface area (Å²) < 4.78 is 5.06. The van der Waals surface area contributed by atoms with Crippen molar-refractivity contribution < 1.29 is 14.1 Å². The number of hydrazone groups is 1. The van der Waals surface area contributed by atoms with E-state index in [2.05, 4.69) is 5.10 Å². The number of hydrogen-bond donors (Lipinski definition) is 0. The molecule has 0 N–H and O–H groups in total. The fourth-order valence-electron chi connectivity index (χ4n) is 2.21. The molecule has 2 aromatic rings. The highest BCUT2D eigenvalue weighted by Crippen LogP contribution is 2.26. The Morgan fingerprint density at radius 2 is 1.87 bits per heavy atom. The van der Waals surface area contributed by atoms with Crippen molar-refractivity contribution in [1.82, 2.24) is 0 Å². The maximum absolute atomic E-state index is 12.5. The molecule has 1 aromatic carbocycles. The largest absolute Gasteiger partial charge is 0.433 e. The van der Waals surface area contributed by atoms with Crippen LogP contribution in [0.4, 0.5) is 11.6 Å². The first kappa shape index (κ1) is 14.7. The van der Waals surface area contributed by atoms with E-state index in [-0.39, 0.29) is 17.6 Å². The van der Waals surface area contributed by atoms with Gasteiger partial charge in [0.05, 0.1) is 23.0 Å². The van der Waals surface area contributed by atoms with Crippen LogP contribution < -0.4 is 5.01 Å². The zero-order valence-corrected chi connectivity index (χ0v) is 12.5. The molecule has 7 nitrogen and oxygen atoms in total. The van der Waals surface area contributed by atoms with E-state index in [1.807, 2.05) is 31.2 Å². The van der Waals surface area contributed by atoms with Crippen LogP contribution in [0, 0.1) is 17.0 Å². The number of amides is 1. The summed E-state index contributed by atoms with van der Waals surface area (Å²) in [4.78, 5) is 22.5. The average molecular weight is 311 g/mol. The Kier molecular flexibility index (Phi) is 3.53. The number of nitrogens with zero attached hydrogens (tertiary/aromatic N) is 3. The van der Waals surface area contributed by atoms with Crippen molar-refractivity contribution in [2.75, 3.05) is 5.01 Å². The minimum atomic E-state index is -0.627. The molecule has 0 unspecified atom stereocenters. The van der Waals surface area contributed by atoms with Crippen LogP contribution >= 0.6 is 0 Å². The number of hydrogen-bond acceptors (Lipinski definition) is 5. The average Bonchev–Trinajstić information content (AvgIpc) is 3.09. The molecule has 23 heavy (non-hydrogen) atoms. The number of carbonyl (C=O) groups is 1. The molecule has 0 atom stereocenters. The molecule has 0 radical (unpaired) electrons. The monoisotopic (exact) mass is 311 g/mol. The summed E-state index contributed by atoms with van der Waals surface area (Å²) in [6.45, 7) is 3.66. The molecule has 7 heteroatoms. The van der Waals surface area contributed by atoms with Crippen LogP contribution in [0.1, 0.15) is 18.2 Å². The molecule has 2 heterocycles. The molecule has 0 saturated carbocycles. The molecule has 116 valence electrons. The molecule has 3 rings (SSSR count). The Labute approximate surface area is 131 Å². The lowest BCUT2D eigenvalue weighted by molar-refractivity contribution is -0.402. The van der Waals surface area contributed by atoms with Crippen molar-refractivity contribution in [1.29, 1.82) is 0 Å². The second-order valence-electron chi connectivity index (χ2n) is 5.13. The van der Waals surface area contributed by atoms with Crippen LogP contribution in [0.25, 0.3) is 6.08 Å². The van der Waals surface area contributed by atoms with Gasteiger partial charge in [-0.15, -0.1) is 0 Å². The van der Waals surface area contributed by atoms with Crippen LogP contribution in [0.3, 0.4) is 0 Å². The minimum absolute atomic E-state index is 0.236. The lowest BCUT2D eigenvalue weighted by Gasteiger charge is -2.11. The third-order valence-corrected chi connectivity index (χ3v) is 3.42. The van der Waals surface area contributed by atoms with Gasteiger partial charge in [0, 0.05) is 0 Å². The molecular weight excluding hydrogens is 298 g/mol. The Morgan fingerprint density at radius 3 is 2.48 bits per heavy atom. The van der Waals surface area contributed by atoms with Crippen molar-refractivity contribution in [3.05, 3.63) is 63.4 Å². The lowest BCUT2D eigenvalue weighted by Crippen LogP contribution is -2.21. The van der Waals surface area contributed by atoms with Crippen LogP contribution in [0.15, 0.2) is 51.5 Å². The van der Waals surface area contributed by atoms with Crippen LogP contribution in [0.5, 0.6) is 0 Å². The number of nitro groups is 1. The predicted octanol–water partition coefficient (Wildman–Crippen LogP) is 3.30. The van der Waals surface area contributed by atoms with Gasteiger partial charge in [-0.2, -0.15) is 10.1 Å². The molecule has 1 aliphatic rings. The van der Waals surface area contributed by atoms with Gasteiger partial charge >= 0.3 is 5.88 Å². The number of rotatable bonds is 3. The van der Waals surface area contributed by atoms with E-state index in [9.17, 15) is 14.9 Å². The second-order valence-corrected chi connectivity index (χ2v) is 5.13. The first-order valence-corrected chi connectivity index (χ1v) is 6.88. The summed E-state index contributed by atoms with van der Waals surface area (Å²) >= 11 is 0. The van der Waals surface area contributed by atoms with Gasteiger partial charge in [0.15, 0.2) is 0 Å². The molecular formula is C16H13N3O4. The molecule has 1 amide bonds. The second kappa shape index (κ2) is 5.53. The van der Waals surface area contributed by atoms with Crippen molar-refractivity contribution in [3.63, 3.8) is 0 Å². The number of anilines is 1. The standard InChI is InChI=1S/C16H13N3O4/c1-10-3-5-12(6-4-10)18-16(20)14(11(2)17-18)9-13-7-8-15(23-13)19(21)22/h3-9H,1-2H3. The first-order chi connectivity index (χ1) is 11.0. The van der Waals surface area contributed by atoms with E-state index >= 15 is 0 Å². The Bertz CT molecular complexity index is 846. The van der Waals surface area contributed by atoms with Crippen molar-refractivity contribution in [2.24, 2.45) is 5.10 Å². The molecule has 0 spiro atoms. The highest BCUT2D eigenvalue weighted by atomic mass is 16.6. The van der Waals surface area contributed by atoms with Crippen LogP contribution in [0.2, 0.25) is 0 Å². The molecule has 0 fully saturated rings. The lowest BCUT2D eigenvalue weighted by atomic mass is 10.1. The topological polar surface area (TPSA) is 89.0 Å². The van der Waals surface area contributed by atoms with Gasteiger partial charge in [-0.05, 0) is 38.1 Å². The minimum Gasteiger partial charge on any atom is -0.401 e. The van der Waals surface area contributed by atoms with Gasteiger partial charge in [-0.25, -0.2) is 0 Å². The molecule has 1 aliphatic heterocycles. The summed E-state index contributed by atoms with van der Waals surface area (Å²) in [6, 6.07) is 10.1. The Balaban J connectivity index is 1.91. The third-order valence-electron chi connectivity index (χ3n) is 3.42. The summed E-state index contributed by atoms with van der Waals surface area (Å²) in [5.74, 6) is -0.432. The molecule has 0 bridgehead atoms. The fraction of sp³-hybridized carbons (Fsp3) is 0.125. The summed E-state index contributed by atoms with van der Waals surface area (Å²) in [6.07, 6.45) is 1.46. The Hall–Kier alpha value is -3.22. The highest BCUT2D eigenvalue weighted by molar-refractivity contribution is 6.32. The van der Waals surface area contributed by atoms with Gasteiger partial charge in [-0.3, -0.25) is 14.9 Å². The summed E-state index contributed by atoms with van der Waals surface area (Å²) in [5, 5.41) is 16.2. The zero-order chi connectivity index (χ0) is 16.6. The Morgan fingerprint density at radius 1 is 1.17 bits per heavy atom. The van der Waals surface area contributed by atoms with Gasteiger partial charge in [0.2, 0.25) is 0 Å². The quantitative estimate of drug-likeness (QED) is 0.494. The summed E-state index contributed by atoms with van der Waals surface area (Å²) in [5.41, 5.74) is 2.61. The number of benzene rings is 1. The molecule has 0 saturated heterocycles. The predicted molar refractivity (Wildman–Crippen MR) is 85.1 cm³/mol. The summed E-state index contributed by atoms with van der Waals surface area (Å²) in [7, 11) is 0. The number of aryl methyl sites for hydroxylation is 1. The maximum atomic E-state index is 12.5. The molecule has 1 aromatic heterocycles. The van der Waals surface area contributed by atoms with Crippen molar-refractivity contribution in [3.8, 4) is 0 Å². The van der Waals surface area contributed by atoms with E-state index in [1.54, 1.807) is 6.92 Å². The van der Waals surface area contributed by atoms with Gasteiger partial charge in [0.25, 0.3) is 5.91 Å². The van der Waals surface area contributed by atoms with E-state index in [0.717, 1.165) is 5.56 Å². The van der Waals surface area contributed by atoms with Crippen molar-refractivity contribution >= 4 is 29.3 Å². The SMILES string of the molecule is CC1=NN(c2ccc(C)cc2)C(=O)C1=Cc1ccc([N+](=O)[O-])o1. The number of carbonyl (C=O) groups excluding carboxylic acids is 1. The van der Waals surface area contributed by atoms with Crippen LogP contribution in [-0.2, 0) is 4.79 Å². The number of furan rings is 1. The normalized spacial score (nSPS) is 16.1. The van der Waals surface area contributed by atoms with E-state index in [0.29, 0.717) is 17.0 Å². The first-order valence-electron chi connectivity index (χ1n) is 6.88. The van der Waals surface area contributed by atoms with E-state index in [1.165, 1.54) is 23.2 Å². The highest BCUT2D eigenvalue weighted by Gasteiger charge is 2.29. The smallest absolute Gasteiger partial charge is 0.401 e. The van der Waals surface area contributed by atoms with Crippen LogP contribution in [-0.4, -0.2) is 16.5 Å².